The third-order valence-electron chi connectivity index (χ3n) is 3.43. The summed E-state index contributed by atoms with van der Waals surface area (Å²) in [5.41, 5.74) is -0.286. The number of carbonyl (C=O) groups is 1. The van der Waals surface area contributed by atoms with E-state index in [0.717, 1.165) is 31.1 Å². The van der Waals surface area contributed by atoms with Gasteiger partial charge in [0.1, 0.15) is 5.01 Å². The van der Waals surface area contributed by atoms with E-state index in [4.69, 9.17) is 4.74 Å². The smallest absolute Gasteiger partial charge is 0.234 e. The van der Waals surface area contributed by atoms with Crippen LogP contribution in [-0.4, -0.2) is 36.7 Å². The molecule has 1 fully saturated rings. The summed E-state index contributed by atoms with van der Waals surface area (Å²) in [4.78, 5) is 17.5. The molecule has 0 unspecified atom stereocenters. The number of rotatable bonds is 5. The van der Waals surface area contributed by atoms with E-state index in [0.29, 0.717) is 6.54 Å². The average molecular weight is 297 g/mol. The van der Waals surface area contributed by atoms with Gasteiger partial charge in [0, 0.05) is 30.3 Å². The Labute approximate surface area is 124 Å². The molecule has 0 radical (unpaired) electrons. The van der Waals surface area contributed by atoms with Crippen molar-refractivity contribution in [2.45, 2.75) is 45.2 Å². The summed E-state index contributed by atoms with van der Waals surface area (Å²) in [6.45, 7) is 7.92. The van der Waals surface area contributed by atoms with Gasteiger partial charge in [0.05, 0.1) is 12.1 Å². The van der Waals surface area contributed by atoms with Crippen molar-refractivity contribution in [2.75, 3.05) is 19.8 Å². The van der Waals surface area contributed by atoms with Gasteiger partial charge in [-0.25, -0.2) is 4.98 Å². The number of ether oxygens (including phenoxy) is 1. The minimum atomic E-state index is -0.286. The van der Waals surface area contributed by atoms with Gasteiger partial charge in [-0.15, -0.1) is 11.3 Å². The molecule has 2 rings (SSSR count). The number of thiazole rings is 1. The van der Waals surface area contributed by atoms with Crippen LogP contribution in [0.15, 0.2) is 6.20 Å². The van der Waals surface area contributed by atoms with E-state index in [1.165, 1.54) is 4.88 Å². The summed E-state index contributed by atoms with van der Waals surface area (Å²) in [5.74, 6) is 0.0400. The molecule has 1 aliphatic heterocycles. The molecule has 1 amide bonds. The van der Waals surface area contributed by atoms with Crippen LogP contribution in [0, 0.1) is 6.92 Å². The Morgan fingerprint density at radius 2 is 2.20 bits per heavy atom. The highest BCUT2D eigenvalue weighted by Gasteiger charge is 2.25. The molecule has 0 atom stereocenters. The highest BCUT2D eigenvalue weighted by molar-refractivity contribution is 7.11. The molecular weight excluding hydrogens is 274 g/mol. The maximum absolute atomic E-state index is 12.0. The van der Waals surface area contributed by atoms with Crippen molar-refractivity contribution in [1.82, 2.24) is 15.6 Å². The van der Waals surface area contributed by atoms with Crippen LogP contribution < -0.4 is 10.6 Å². The highest BCUT2D eigenvalue weighted by atomic mass is 32.1. The lowest BCUT2D eigenvalue weighted by atomic mass is 10.1. The normalized spacial score (nSPS) is 17.1. The second-order valence-corrected chi connectivity index (χ2v) is 6.94. The van der Waals surface area contributed by atoms with Gasteiger partial charge in [-0.3, -0.25) is 10.1 Å². The van der Waals surface area contributed by atoms with Crippen LogP contribution in [0.2, 0.25) is 0 Å². The topological polar surface area (TPSA) is 63.2 Å². The molecule has 2 N–H and O–H groups in total. The van der Waals surface area contributed by atoms with Gasteiger partial charge in [-0.05, 0) is 33.6 Å². The molecule has 0 spiro atoms. The van der Waals surface area contributed by atoms with Gasteiger partial charge in [0.2, 0.25) is 5.91 Å². The Kier molecular flexibility index (Phi) is 5.12. The van der Waals surface area contributed by atoms with Gasteiger partial charge in [0.15, 0.2) is 0 Å². The number of aromatic nitrogens is 1. The fraction of sp³-hybridized carbons (Fsp3) is 0.714. The van der Waals surface area contributed by atoms with E-state index in [1.807, 2.05) is 27.0 Å². The van der Waals surface area contributed by atoms with Crippen molar-refractivity contribution < 1.29 is 9.53 Å². The van der Waals surface area contributed by atoms with Gasteiger partial charge in [-0.2, -0.15) is 0 Å². The molecule has 0 aromatic carbocycles. The van der Waals surface area contributed by atoms with Crippen LogP contribution in [0.3, 0.4) is 0 Å². The summed E-state index contributed by atoms with van der Waals surface area (Å²) >= 11 is 1.66. The van der Waals surface area contributed by atoms with Crippen molar-refractivity contribution >= 4 is 17.2 Å². The highest BCUT2D eigenvalue weighted by Crippen LogP contribution is 2.24. The Balaban J connectivity index is 1.80. The number of hydrogen-bond acceptors (Lipinski definition) is 5. The molecule has 2 heterocycles. The fourth-order valence-corrected chi connectivity index (χ4v) is 2.98. The Bertz CT molecular complexity index is 453. The van der Waals surface area contributed by atoms with Gasteiger partial charge < -0.3 is 10.1 Å². The first-order valence-electron chi connectivity index (χ1n) is 7.02. The molecular formula is C14H23N3O2S. The Morgan fingerprint density at radius 1 is 1.50 bits per heavy atom. The van der Waals surface area contributed by atoms with Gasteiger partial charge >= 0.3 is 0 Å². The van der Waals surface area contributed by atoms with Crippen LogP contribution in [0.4, 0.5) is 0 Å². The van der Waals surface area contributed by atoms with Crippen LogP contribution in [-0.2, 0) is 15.1 Å². The summed E-state index contributed by atoms with van der Waals surface area (Å²) in [6.07, 6.45) is 3.67. The van der Waals surface area contributed by atoms with Crippen molar-refractivity contribution in [2.24, 2.45) is 0 Å². The number of nitrogens with one attached hydrogen (secondary N) is 2. The van der Waals surface area contributed by atoms with Gasteiger partial charge in [-0.1, -0.05) is 0 Å². The molecule has 0 bridgehead atoms. The summed E-state index contributed by atoms with van der Waals surface area (Å²) < 4.78 is 5.28. The maximum Gasteiger partial charge on any atom is 0.234 e. The average Bonchev–Trinajstić information content (AvgIpc) is 2.85. The molecule has 0 saturated carbocycles. The number of carbonyl (C=O) groups excluding carboxylic acids is 1. The number of amides is 1. The Morgan fingerprint density at radius 3 is 2.80 bits per heavy atom. The number of aryl methyl sites for hydroxylation is 1. The van der Waals surface area contributed by atoms with E-state index in [9.17, 15) is 4.79 Å². The zero-order valence-corrected chi connectivity index (χ0v) is 13.2. The largest absolute Gasteiger partial charge is 0.381 e. The summed E-state index contributed by atoms with van der Waals surface area (Å²) in [6, 6.07) is 0.253. The lowest BCUT2D eigenvalue weighted by Crippen LogP contribution is -2.47. The second-order valence-electron chi connectivity index (χ2n) is 5.71. The number of nitrogens with zero attached hydrogens (tertiary/aromatic N) is 1. The Hall–Kier alpha value is -0.980. The molecule has 6 heteroatoms. The molecule has 1 saturated heterocycles. The minimum absolute atomic E-state index is 0.0400. The molecule has 5 nitrogen and oxygen atoms in total. The van der Waals surface area contributed by atoms with Crippen molar-refractivity contribution in [3.8, 4) is 0 Å². The lowest BCUT2D eigenvalue weighted by molar-refractivity contribution is -0.121. The molecule has 20 heavy (non-hydrogen) atoms. The molecule has 1 aromatic heterocycles. The van der Waals surface area contributed by atoms with E-state index < -0.39 is 0 Å². The zero-order chi connectivity index (χ0) is 14.6. The lowest BCUT2D eigenvalue weighted by Gasteiger charge is -2.26. The van der Waals surface area contributed by atoms with Crippen LogP contribution in [0.5, 0.6) is 0 Å². The molecule has 0 aliphatic carbocycles. The monoisotopic (exact) mass is 297 g/mol. The van der Waals surface area contributed by atoms with E-state index >= 15 is 0 Å². The van der Waals surface area contributed by atoms with E-state index in [1.54, 1.807) is 11.3 Å². The summed E-state index contributed by atoms with van der Waals surface area (Å²) in [7, 11) is 0. The number of hydrogen-bond donors (Lipinski definition) is 2. The maximum atomic E-state index is 12.0. The first-order chi connectivity index (χ1) is 9.47. The summed E-state index contributed by atoms with van der Waals surface area (Å²) in [5, 5.41) is 7.34. The quantitative estimate of drug-likeness (QED) is 0.866. The van der Waals surface area contributed by atoms with Crippen LogP contribution in [0.25, 0.3) is 0 Å². The minimum Gasteiger partial charge on any atom is -0.381 e. The van der Waals surface area contributed by atoms with Crippen molar-refractivity contribution in [3.05, 3.63) is 16.1 Å². The predicted octanol–water partition coefficient (Wildman–Crippen LogP) is 1.57. The first kappa shape index (κ1) is 15.4. The van der Waals surface area contributed by atoms with Crippen LogP contribution >= 0.6 is 11.3 Å². The predicted molar refractivity (Wildman–Crippen MR) is 79.9 cm³/mol. The molecule has 112 valence electrons. The first-order valence-corrected chi connectivity index (χ1v) is 7.84. The molecule has 1 aliphatic rings. The van der Waals surface area contributed by atoms with Gasteiger partial charge in [0.25, 0.3) is 0 Å². The fourth-order valence-electron chi connectivity index (χ4n) is 2.14. The third-order valence-corrected chi connectivity index (χ3v) is 4.67. The molecule has 1 aromatic rings. The SMILES string of the molecule is Cc1cnc(C(C)(C)NCC(=O)NC2CCOCC2)s1. The standard InChI is InChI=1S/C14H23N3O2S/c1-10-8-15-13(20-10)14(2,3)16-9-12(18)17-11-4-6-19-7-5-11/h8,11,16H,4-7,9H2,1-3H3,(H,17,18). The zero-order valence-electron chi connectivity index (χ0n) is 12.4. The van der Waals surface area contributed by atoms with Crippen molar-refractivity contribution in [3.63, 3.8) is 0 Å². The van der Waals surface area contributed by atoms with Crippen molar-refractivity contribution in [1.29, 1.82) is 0 Å². The third kappa shape index (κ3) is 4.26. The van der Waals surface area contributed by atoms with E-state index in [2.05, 4.69) is 15.6 Å². The van der Waals surface area contributed by atoms with E-state index in [-0.39, 0.29) is 17.5 Å². The second kappa shape index (κ2) is 6.65. The van der Waals surface area contributed by atoms with Crippen LogP contribution in [0.1, 0.15) is 36.6 Å².